The number of halogens is 1. The van der Waals surface area contributed by atoms with Crippen LogP contribution in [-0.4, -0.2) is 28.1 Å². The molecule has 0 spiro atoms. The molecule has 1 fully saturated rings. The molecule has 4 nitrogen and oxygen atoms in total. The summed E-state index contributed by atoms with van der Waals surface area (Å²) >= 11 is 5.92. The van der Waals surface area contributed by atoms with Crippen LogP contribution < -0.4 is 9.62 Å². The van der Waals surface area contributed by atoms with Crippen molar-refractivity contribution in [3.8, 4) is 0 Å². The Bertz CT molecular complexity index is 763. The van der Waals surface area contributed by atoms with Gasteiger partial charge in [0, 0.05) is 30.3 Å². The number of anilines is 1. The van der Waals surface area contributed by atoms with E-state index in [0.29, 0.717) is 12.5 Å². The largest absolute Gasteiger partial charge is 0.371 e. The van der Waals surface area contributed by atoms with Crippen molar-refractivity contribution in [2.45, 2.75) is 12.2 Å². The van der Waals surface area contributed by atoms with E-state index in [2.05, 4.69) is 9.62 Å². The summed E-state index contributed by atoms with van der Waals surface area (Å²) in [5, 5.41) is 0.725. The van der Waals surface area contributed by atoms with Gasteiger partial charge in [0.15, 0.2) is 0 Å². The molecule has 0 saturated carbocycles. The predicted molar refractivity (Wildman–Crippen MR) is 98.8 cm³/mol. The van der Waals surface area contributed by atoms with Gasteiger partial charge in [-0.25, -0.2) is 13.1 Å². The Morgan fingerprint density at radius 1 is 1.08 bits per heavy atom. The average molecular weight is 365 g/mol. The SMILES string of the molecule is O=S(=O)(Cc1ccccc1)NCC1CCN(c2ccc(Cl)cc2)C1. The summed E-state index contributed by atoms with van der Waals surface area (Å²) in [7, 11) is -3.30. The lowest BCUT2D eigenvalue weighted by molar-refractivity contribution is 0.541. The lowest BCUT2D eigenvalue weighted by atomic mass is 10.1. The molecule has 1 unspecified atom stereocenters. The van der Waals surface area contributed by atoms with Crippen molar-refractivity contribution < 1.29 is 8.42 Å². The van der Waals surface area contributed by atoms with Gasteiger partial charge in [-0.3, -0.25) is 0 Å². The molecule has 2 aromatic carbocycles. The highest BCUT2D eigenvalue weighted by Crippen LogP contribution is 2.25. The van der Waals surface area contributed by atoms with Gasteiger partial charge in [0.25, 0.3) is 0 Å². The van der Waals surface area contributed by atoms with Crippen molar-refractivity contribution in [3.63, 3.8) is 0 Å². The summed E-state index contributed by atoms with van der Waals surface area (Å²) in [6, 6.07) is 17.0. The van der Waals surface area contributed by atoms with Crippen molar-refractivity contribution in [3.05, 3.63) is 65.2 Å². The molecule has 1 saturated heterocycles. The second kappa shape index (κ2) is 7.55. The van der Waals surface area contributed by atoms with Gasteiger partial charge in [-0.05, 0) is 42.2 Å². The van der Waals surface area contributed by atoms with E-state index in [9.17, 15) is 8.42 Å². The Morgan fingerprint density at radius 2 is 1.79 bits per heavy atom. The molecular formula is C18H21ClN2O2S. The third-order valence-corrected chi connectivity index (χ3v) is 5.84. The first-order valence-electron chi connectivity index (χ1n) is 8.04. The molecule has 24 heavy (non-hydrogen) atoms. The summed E-state index contributed by atoms with van der Waals surface area (Å²) in [5.74, 6) is 0.354. The third kappa shape index (κ3) is 4.72. The van der Waals surface area contributed by atoms with E-state index in [4.69, 9.17) is 11.6 Å². The number of rotatable bonds is 6. The van der Waals surface area contributed by atoms with E-state index in [0.717, 1.165) is 35.8 Å². The van der Waals surface area contributed by atoms with Gasteiger partial charge in [0.1, 0.15) is 0 Å². The molecule has 0 bridgehead atoms. The Morgan fingerprint density at radius 3 is 2.50 bits per heavy atom. The molecule has 0 radical (unpaired) electrons. The maximum Gasteiger partial charge on any atom is 0.215 e. The average Bonchev–Trinajstić information content (AvgIpc) is 3.03. The lowest BCUT2D eigenvalue weighted by Gasteiger charge is -2.19. The smallest absolute Gasteiger partial charge is 0.215 e. The zero-order valence-corrected chi connectivity index (χ0v) is 14.9. The van der Waals surface area contributed by atoms with Gasteiger partial charge in [-0.1, -0.05) is 41.9 Å². The molecule has 1 aliphatic rings. The van der Waals surface area contributed by atoms with Crippen LogP contribution in [0.5, 0.6) is 0 Å². The molecule has 1 aliphatic heterocycles. The first kappa shape index (κ1) is 17.3. The van der Waals surface area contributed by atoms with Crippen LogP contribution in [0.15, 0.2) is 54.6 Å². The summed E-state index contributed by atoms with van der Waals surface area (Å²) in [6.07, 6.45) is 0.983. The van der Waals surface area contributed by atoms with Crippen LogP contribution in [0.1, 0.15) is 12.0 Å². The monoisotopic (exact) mass is 364 g/mol. The van der Waals surface area contributed by atoms with E-state index in [1.807, 2.05) is 54.6 Å². The molecule has 2 aromatic rings. The minimum Gasteiger partial charge on any atom is -0.371 e. The predicted octanol–water partition coefficient (Wildman–Crippen LogP) is 3.29. The fourth-order valence-corrected chi connectivity index (χ4v) is 4.32. The van der Waals surface area contributed by atoms with Gasteiger partial charge < -0.3 is 4.90 Å². The maximum atomic E-state index is 12.2. The molecule has 0 aromatic heterocycles. The molecule has 128 valence electrons. The van der Waals surface area contributed by atoms with E-state index in [-0.39, 0.29) is 5.75 Å². The summed E-state index contributed by atoms with van der Waals surface area (Å²) < 4.78 is 27.2. The third-order valence-electron chi connectivity index (χ3n) is 4.27. The Kier molecular flexibility index (Phi) is 5.43. The number of sulfonamides is 1. The highest BCUT2D eigenvalue weighted by molar-refractivity contribution is 7.88. The van der Waals surface area contributed by atoms with Crippen molar-refractivity contribution >= 4 is 27.3 Å². The first-order valence-corrected chi connectivity index (χ1v) is 10.1. The van der Waals surface area contributed by atoms with E-state index >= 15 is 0 Å². The second-order valence-electron chi connectivity index (χ2n) is 6.17. The second-order valence-corrected chi connectivity index (χ2v) is 8.41. The van der Waals surface area contributed by atoms with Crippen molar-refractivity contribution in [1.29, 1.82) is 0 Å². The molecule has 1 atom stereocenters. The Hall–Kier alpha value is -1.56. The number of hydrogen-bond acceptors (Lipinski definition) is 3. The van der Waals surface area contributed by atoms with E-state index in [1.165, 1.54) is 0 Å². The topological polar surface area (TPSA) is 49.4 Å². The summed E-state index contributed by atoms with van der Waals surface area (Å²) in [5.41, 5.74) is 1.94. The van der Waals surface area contributed by atoms with E-state index < -0.39 is 10.0 Å². The van der Waals surface area contributed by atoms with Crippen LogP contribution in [0.25, 0.3) is 0 Å². The van der Waals surface area contributed by atoms with Crippen molar-refractivity contribution in [2.24, 2.45) is 5.92 Å². The molecule has 0 amide bonds. The zero-order chi connectivity index (χ0) is 17.0. The molecule has 6 heteroatoms. The minimum atomic E-state index is -3.30. The highest BCUT2D eigenvalue weighted by atomic mass is 35.5. The summed E-state index contributed by atoms with van der Waals surface area (Å²) in [4.78, 5) is 2.27. The fourth-order valence-electron chi connectivity index (χ4n) is 2.98. The minimum absolute atomic E-state index is 0.0292. The highest BCUT2D eigenvalue weighted by Gasteiger charge is 2.24. The summed E-state index contributed by atoms with van der Waals surface area (Å²) in [6.45, 7) is 2.28. The normalized spacial score (nSPS) is 18.0. The van der Waals surface area contributed by atoms with E-state index in [1.54, 1.807) is 0 Å². The molecule has 3 rings (SSSR count). The number of hydrogen-bond donors (Lipinski definition) is 1. The maximum absolute atomic E-state index is 12.2. The number of benzene rings is 2. The van der Waals surface area contributed by atoms with Crippen LogP contribution in [0, 0.1) is 5.92 Å². The van der Waals surface area contributed by atoms with Crippen LogP contribution in [-0.2, 0) is 15.8 Å². The standard InChI is InChI=1S/C18H21ClN2O2S/c19-17-6-8-18(9-7-17)21-11-10-16(13-21)12-20-24(22,23)14-15-4-2-1-3-5-15/h1-9,16,20H,10-14H2. The lowest BCUT2D eigenvalue weighted by Crippen LogP contribution is -2.31. The van der Waals surface area contributed by atoms with Crippen molar-refractivity contribution in [1.82, 2.24) is 4.72 Å². The van der Waals surface area contributed by atoms with Gasteiger partial charge >= 0.3 is 0 Å². The van der Waals surface area contributed by atoms with Crippen LogP contribution in [0.4, 0.5) is 5.69 Å². The van der Waals surface area contributed by atoms with Gasteiger partial charge in [0.2, 0.25) is 10.0 Å². The first-order chi connectivity index (χ1) is 11.5. The Balaban J connectivity index is 1.51. The van der Waals surface area contributed by atoms with Crippen molar-refractivity contribution in [2.75, 3.05) is 24.5 Å². The van der Waals surface area contributed by atoms with Gasteiger partial charge in [0.05, 0.1) is 5.75 Å². The molecular weight excluding hydrogens is 344 g/mol. The molecule has 1 heterocycles. The van der Waals surface area contributed by atoms with Crippen LogP contribution >= 0.6 is 11.6 Å². The molecule has 1 N–H and O–H groups in total. The fraction of sp³-hybridized carbons (Fsp3) is 0.333. The Labute approximate surface area is 148 Å². The molecule has 0 aliphatic carbocycles. The zero-order valence-electron chi connectivity index (χ0n) is 13.4. The van der Waals surface area contributed by atoms with Gasteiger partial charge in [-0.15, -0.1) is 0 Å². The van der Waals surface area contributed by atoms with Gasteiger partial charge in [-0.2, -0.15) is 0 Å². The van der Waals surface area contributed by atoms with Crippen LogP contribution in [0.3, 0.4) is 0 Å². The quantitative estimate of drug-likeness (QED) is 0.855. The number of nitrogens with zero attached hydrogens (tertiary/aromatic N) is 1. The van der Waals surface area contributed by atoms with Crippen LogP contribution in [0.2, 0.25) is 5.02 Å². The number of nitrogens with one attached hydrogen (secondary N) is 1.